The van der Waals surface area contributed by atoms with Gasteiger partial charge < -0.3 is 16.0 Å². The van der Waals surface area contributed by atoms with E-state index in [1.807, 2.05) is 0 Å². The predicted octanol–water partition coefficient (Wildman–Crippen LogP) is 2.53. The van der Waals surface area contributed by atoms with Crippen LogP contribution in [0.25, 0.3) is 0 Å². The number of carbonyl (C=O) groups excluding carboxylic acids is 1. The second-order valence-electron chi connectivity index (χ2n) is 5.25. The molecular weight excluding hydrogens is 274 g/mol. The van der Waals surface area contributed by atoms with Crippen molar-refractivity contribution in [2.75, 3.05) is 31.9 Å². The molecule has 20 heavy (non-hydrogen) atoms. The lowest BCUT2D eigenvalue weighted by Crippen LogP contribution is -2.35. The summed E-state index contributed by atoms with van der Waals surface area (Å²) in [7, 11) is 0. The summed E-state index contributed by atoms with van der Waals surface area (Å²) in [4.78, 5) is 14.4. The molecule has 1 amide bonds. The lowest BCUT2D eigenvalue weighted by Gasteiger charge is -2.19. The molecule has 1 aromatic carbocycles. The van der Waals surface area contributed by atoms with E-state index in [9.17, 15) is 4.79 Å². The number of amides is 1. The number of hydrogen-bond acceptors (Lipinski definition) is 3. The van der Waals surface area contributed by atoms with Gasteiger partial charge in [0, 0.05) is 18.7 Å². The Balaban J connectivity index is 1.78. The zero-order valence-corrected chi connectivity index (χ0v) is 12.5. The number of halogens is 1. The van der Waals surface area contributed by atoms with E-state index in [4.69, 9.17) is 17.3 Å². The fourth-order valence-corrected chi connectivity index (χ4v) is 2.64. The van der Waals surface area contributed by atoms with E-state index in [2.05, 4.69) is 10.2 Å². The van der Waals surface area contributed by atoms with Crippen molar-refractivity contribution in [1.29, 1.82) is 0 Å². The fraction of sp³-hybridized carbons (Fsp3) is 0.533. The Bertz CT molecular complexity index is 456. The molecule has 0 saturated carbocycles. The number of likely N-dealkylation sites (tertiary alicyclic amines) is 1. The summed E-state index contributed by atoms with van der Waals surface area (Å²) in [5.41, 5.74) is 6.68. The normalized spacial score (nSPS) is 16.6. The second-order valence-corrected chi connectivity index (χ2v) is 5.66. The molecule has 0 radical (unpaired) electrons. The minimum atomic E-state index is -0.0956. The van der Waals surface area contributed by atoms with Crippen molar-refractivity contribution < 1.29 is 4.79 Å². The van der Waals surface area contributed by atoms with E-state index in [1.165, 1.54) is 25.7 Å². The van der Waals surface area contributed by atoms with Crippen molar-refractivity contribution >= 4 is 23.2 Å². The maximum absolute atomic E-state index is 12.0. The van der Waals surface area contributed by atoms with Crippen LogP contribution in [-0.4, -0.2) is 37.0 Å². The van der Waals surface area contributed by atoms with Gasteiger partial charge in [-0.05, 0) is 44.1 Å². The Kier molecular flexibility index (Phi) is 5.68. The van der Waals surface area contributed by atoms with Gasteiger partial charge in [-0.3, -0.25) is 4.79 Å². The first-order chi connectivity index (χ1) is 9.66. The summed E-state index contributed by atoms with van der Waals surface area (Å²) in [5, 5.41) is 3.35. The molecule has 5 heteroatoms. The minimum absolute atomic E-state index is 0.0956. The van der Waals surface area contributed by atoms with E-state index < -0.39 is 0 Å². The zero-order chi connectivity index (χ0) is 14.4. The van der Waals surface area contributed by atoms with Gasteiger partial charge in [0.15, 0.2) is 0 Å². The highest BCUT2D eigenvalue weighted by Gasteiger charge is 2.10. The first-order valence-electron chi connectivity index (χ1n) is 7.22. The number of nitrogens with two attached hydrogens (primary N) is 1. The largest absolute Gasteiger partial charge is 0.398 e. The van der Waals surface area contributed by atoms with Crippen molar-refractivity contribution in [2.24, 2.45) is 0 Å². The molecular formula is C15H22ClN3O. The van der Waals surface area contributed by atoms with Crippen molar-refractivity contribution in [1.82, 2.24) is 10.2 Å². The highest BCUT2D eigenvalue weighted by molar-refractivity contribution is 6.33. The molecule has 1 aliphatic heterocycles. The summed E-state index contributed by atoms with van der Waals surface area (Å²) < 4.78 is 0. The number of carbonyl (C=O) groups is 1. The average molecular weight is 296 g/mol. The lowest BCUT2D eigenvalue weighted by atomic mass is 10.2. The van der Waals surface area contributed by atoms with Gasteiger partial charge in [-0.25, -0.2) is 0 Å². The van der Waals surface area contributed by atoms with Gasteiger partial charge >= 0.3 is 0 Å². The third-order valence-corrected chi connectivity index (χ3v) is 4.00. The van der Waals surface area contributed by atoms with E-state index >= 15 is 0 Å². The van der Waals surface area contributed by atoms with Crippen LogP contribution in [-0.2, 0) is 0 Å². The van der Waals surface area contributed by atoms with E-state index in [1.54, 1.807) is 18.2 Å². The van der Waals surface area contributed by atoms with Crippen molar-refractivity contribution in [2.45, 2.75) is 25.7 Å². The third kappa shape index (κ3) is 4.39. The van der Waals surface area contributed by atoms with Gasteiger partial charge in [-0.15, -0.1) is 0 Å². The third-order valence-electron chi connectivity index (χ3n) is 3.67. The van der Waals surface area contributed by atoms with Gasteiger partial charge in [-0.1, -0.05) is 24.4 Å². The monoisotopic (exact) mass is 295 g/mol. The molecule has 3 N–H and O–H groups in total. The summed E-state index contributed by atoms with van der Waals surface area (Å²) in [6.45, 7) is 3.86. The molecule has 1 fully saturated rings. The summed E-state index contributed by atoms with van der Waals surface area (Å²) in [6, 6.07) is 4.96. The Hall–Kier alpha value is -1.26. The van der Waals surface area contributed by atoms with Crippen LogP contribution < -0.4 is 11.1 Å². The van der Waals surface area contributed by atoms with Crippen LogP contribution in [0.15, 0.2) is 18.2 Å². The summed E-state index contributed by atoms with van der Waals surface area (Å²) in [6.07, 6.45) is 5.18. The number of anilines is 1. The van der Waals surface area contributed by atoms with Gasteiger partial charge in [0.1, 0.15) is 0 Å². The van der Waals surface area contributed by atoms with Gasteiger partial charge in [0.05, 0.1) is 10.7 Å². The average Bonchev–Trinajstić information content (AvgIpc) is 2.70. The molecule has 4 nitrogen and oxygen atoms in total. The van der Waals surface area contributed by atoms with E-state index in [0.717, 1.165) is 19.6 Å². The molecule has 0 atom stereocenters. The van der Waals surface area contributed by atoms with Crippen LogP contribution in [0.5, 0.6) is 0 Å². The first kappa shape index (κ1) is 15.1. The Morgan fingerprint density at radius 3 is 2.60 bits per heavy atom. The van der Waals surface area contributed by atoms with Crippen LogP contribution in [0.2, 0.25) is 5.02 Å². The number of nitrogens with zero attached hydrogens (tertiary/aromatic N) is 1. The molecule has 1 heterocycles. The molecule has 0 spiro atoms. The fourth-order valence-electron chi connectivity index (χ4n) is 2.46. The van der Waals surface area contributed by atoms with Crippen molar-refractivity contribution in [3.8, 4) is 0 Å². The Morgan fingerprint density at radius 2 is 1.95 bits per heavy atom. The van der Waals surface area contributed by atoms with E-state index in [0.29, 0.717) is 22.8 Å². The SMILES string of the molecule is Nc1ccc(C(=O)NCCN2CCCCCC2)cc1Cl. The number of nitrogens with one attached hydrogen (secondary N) is 1. The Morgan fingerprint density at radius 1 is 1.25 bits per heavy atom. The molecule has 0 bridgehead atoms. The van der Waals surface area contributed by atoms with Crippen LogP contribution in [0, 0.1) is 0 Å². The van der Waals surface area contributed by atoms with Crippen LogP contribution in [0.3, 0.4) is 0 Å². The van der Waals surface area contributed by atoms with Gasteiger partial charge in [0.25, 0.3) is 5.91 Å². The molecule has 0 aliphatic carbocycles. The zero-order valence-electron chi connectivity index (χ0n) is 11.7. The highest BCUT2D eigenvalue weighted by atomic mass is 35.5. The molecule has 1 aromatic rings. The molecule has 1 aliphatic rings. The summed E-state index contributed by atoms with van der Waals surface area (Å²) >= 11 is 5.92. The number of benzene rings is 1. The number of nitrogen functional groups attached to an aromatic ring is 1. The smallest absolute Gasteiger partial charge is 0.251 e. The number of hydrogen-bond donors (Lipinski definition) is 2. The minimum Gasteiger partial charge on any atom is -0.398 e. The lowest BCUT2D eigenvalue weighted by molar-refractivity contribution is 0.0948. The molecule has 1 saturated heterocycles. The maximum atomic E-state index is 12.0. The quantitative estimate of drug-likeness (QED) is 0.839. The van der Waals surface area contributed by atoms with Gasteiger partial charge in [-0.2, -0.15) is 0 Å². The topological polar surface area (TPSA) is 58.4 Å². The molecule has 0 aromatic heterocycles. The van der Waals surface area contributed by atoms with E-state index in [-0.39, 0.29) is 5.91 Å². The number of rotatable bonds is 4. The highest BCUT2D eigenvalue weighted by Crippen LogP contribution is 2.19. The molecule has 2 rings (SSSR count). The molecule has 110 valence electrons. The van der Waals surface area contributed by atoms with Crippen LogP contribution in [0.1, 0.15) is 36.0 Å². The maximum Gasteiger partial charge on any atom is 0.251 e. The van der Waals surface area contributed by atoms with Crippen LogP contribution >= 0.6 is 11.6 Å². The van der Waals surface area contributed by atoms with Crippen LogP contribution in [0.4, 0.5) is 5.69 Å². The molecule has 0 unspecified atom stereocenters. The Labute approximate surface area is 125 Å². The van der Waals surface area contributed by atoms with Gasteiger partial charge in [0.2, 0.25) is 0 Å². The first-order valence-corrected chi connectivity index (χ1v) is 7.60. The summed E-state index contributed by atoms with van der Waals surface area (Å²) in [5.74, 6) is -0.0956. The van der Waals surface area contributed by atoms with Crippen molar-refractivity contribution in [3.05, 3.63) is 28.8 Å². The predicted molar refractivity (Wildman–Crippen MR) is 83.1 cm³/mol. The standard InChI is InChI=1S/C15H22ClN3O/c16-13-11-12(5-6-14(13)17)15(20)18-7-10-19-8-3-1-2-4-9-19/h5-6,11H,1-4,7-10,17H2,(H,18,20). The second kappa shape index (κ2) is 7.50. The van der Waals surface area contributed by atoms with Crippen molar-refractivity contribution in [3.63, 3.8) is 0 Å².